The molecule has 8 heteroatoms. The van der Waals surface area contributed by atoms with Gasteiger partial charge in [0.2, 0.25) is 0 Å². The Hall–Kier alpha value is -4.46. The number of non-ortho nitro benzene ring substituents is 1. The molecule has 0 fully saturated rings. The summed E-state index contributed by atoms with van der Waals surface area (Å²) in [5.41, 5.74) is 3.13. The van der Waals surface area contributed by atoms with Crippen LogP contribution in [0.15, 0.2) is 84.9 Å². The van der Waals surface area contributed by atoms with Crippen LogP contribution in [0.4, 0.5) is 5.69 Å². The van der Waals surface area contributed by atoms with Crippen LogP contribution < -0.4 is 10.1 Å². The second kappa shape index (κ2) is 9.35. The van der Waals surface area contributed by atoms with Crippen LogP contribution >= 0.6 is 0 Å². The molecule has 0 saturated heterocycles. The predicted octanol–water partition coefficient (Wildman–Crippen LogP) is 4.95. The molecule has 0 aliphatic heterocycles. The van der Waals surface area contributed by atoms with Gasteiger partial charge in [-0.15, -0.1) is 0 Å². The van der Waals surface area contributed by atoms with Crippen molar-refractivity contribution >= 4 is 11.6 Å². The van der Waals surface area contributed by atoms with E-state index in [1.165, 1.54) is 16.8 Å². The third-order valence-electron chi connectivity index (χ3n) is 5.26. The molecule has 1 aromatic heterocycles. The lowest BCUT2D eigenvalue weighted by Gasteiger charge is -2.15. The van der Waals surface area contributed by atoms with E-state index in [2.05, 4.69) is 10.4 Å². The maximum atomic E-state index is 13.3. The van der Waals surface area contributed by atoms with Crippen molar-refractivity contribution in [2.24, 2.45) is 0 Å². The molecule has 1 atom stereocenters. The van der Waals surface area contributed by atoms with Crippen LogP contribution in [-0.4, -0.2) is 27.7 Å². The minimum absolute atomic E-state index is 0.0392. The van der Waals surface area contributed by atoms with Gasteiger partial charge in [0.25, 0.3) is 11.6 Å². The number of ether oxygens (including phenoxy) is 1. The number of nitro benzene ring substituents is 1. The number of nitrogens with one attached hydrogen (secondary N) is 1. The Balaban J connectivity index is 1.74. The van der Waals surface area contributed by atoms with Gasteiger partial charge in [-0.25, -0.2) is 4.68 Å². The van der Waals surface area contributed by atoms with E-state index >= 15 is 0 Å². The van der Waals surface area contributed by atoms with Gasteiger partial charge >= 0.3 is 0 Å². The Morgan fingerprint density at radius 2 is 1.76 bits per heavy atom. The van der Waals surface area contributed by atoms with E-state index in [0.29, 0.717) is 22.8 Å². The van der Waals surface area contributed by atoms with Crippen LogP contribution in [0.25, 0.3) is 16.9 Å². The smallest absolute Gasteiger partial charge is 0.270 e. The highest BCUT2D eigenvalue weighted by atomic mass is 16.6. The monoisotopic (exact) mass is 442 g/mol. The lowest BCUT2D eigenvalue weighted by atomic mass is 10.1. The standard InChI is InChI=1S/C25H22N4O4/c1-17(18-7-4-3-5-8-18)26-25(30)24-16-23(19-9-6-10-22(15-19)33-2)27-28(24)20-11-13-21(14-12-20)29(31)32/h3-17H,1-2H3,(H,26,30). The fraction of sp³-hybridized carbons (Fsp3) is 0.120. The van der Waals surface area contributed by atoms with Crippen LogP contribution in [0.1, 0.15) is 29.0 Å². The van der Waals surface area contributed by atoms with Crippen LogP contribution in [0, 0.1) is 10.1 Å². The first-order chi connectivity index (χ1) is 16.0. The van der Waals surface area contributed by atoms with Crippen LogP contribution in [0.5, 0.6) is 5.75 Å². The number of carbonyl (C=O) groups is 1. The van der Waals surface area contributed by atoms with E-state index in [1.54, 1.807) is 25.3 Å². The summed E-state index contributed by atoms with van der Waals surface area (Å²) in [5.74, 6) is 0.354. The van der Waals surface area contributed by atoms with E-state index in [9.17, 15) is 14.9 Å². The van der Waals surface area contributed by atoms with Crippen LogP contribution in [0.3, 0.4) is 0 Å². The summed E-state index contributed by atoms with van der Waals surface area (Å²) in [5, 5.41) is 18.7. The van der Waals surface area contributed by atoms with Crippen LogP contribution in [0.2, 0.25) is 0 Å². The molecular formula is C25H22N4O4. The molecule has 1 amide bonds. The summed E-state index contributed by atoms with van der Waals surface area (Å²) >= 11 is 0. The van der Waals surface area contributed by atoms with Crippen molar-refractivity contribution in [1.82, 2.24) is 15.1 Å². The zero-order valence-electron chi connectivity index (χ0n) is 18.1. The van der Waals surface area contributed by atoms with Crippen molar-refractivity contribution in [3.8, 4) is 22.7 Å². The van der Waals surface area contributed by atoms with Crippen molar-refractivity contribution < 1.29 is 14.5 Å². The molecule has 0 saturated carbocycles. The zero-order valence-corrected chi connectivity index (χ0v) is 18.1. The van der Waals surface area contributed by atoms with Crippen molar-refractivity contribution in [2.75, 3.05) is 7.11 Å². The summed E-state index contributed by atoms with van der Waals surface area (Å²) in [6, 6.07) is 24.4. The summed E-state index contributed by atoms with van der Waals surface area (Å²) in [6.45, 7) is 1.91. The molecule has 4 rings (SSSR count). The lowest BCUT2D eigenvalue weighted by Crippen LogP contribution is -2.28. The zero-order chi connectivity index (χ0) is 23.4. The van der Waals surface area contributed by atoms with Gasteiger partial charge in [0.1, 0.15) is 11.4 Å². The lowest BCUT2D eigenvalue weighted by molar-refractivity contribution is -0.384. The molecule has 33 heavy (non-hydrogen) atoms. The van der Waals surface area contributed by atoms with E-state index < -0.39 is 4.92 Å². The minimum atomic E-state index is -0.469. The molecule has 166 valence electrons. The Labute approximate surface area is 190 Å². The molecule has 3 aromatic carbocycles. The maximum absolute atomic E-state index is 13.3. The molecule has 0 radical (unpaired) electrons. The highest BCUT2D eigenvalue weighted by Crippen LogP contribution is 2.26. The molecule has 0 aliphatic carbocycles. The molecular weight excluding hydrogens is 420 g/mol. The number of methoxy groups -OCH3 is 1. The van der Waals surface area contributed by atoms with Crippen molar-refractivity contribution in [1.29, 1.82) is 0 Å². The highest BCUT2D eigenvalue weighted by Gasteiger charge is 2.20. The van der Waals surface area contributed by atoms with Crippen molar-refractivity contribution in [3.05, 3.63) is 106 Å². The van der Waals surface area contributed by atoms with Gasteiger partial charge in [-0.3, -0.25) is 14.9 Å². The minimum Gasteiger partial charge on any atom is -0.497 e. The van der Waals surface area contributed by atoms with Crippen molar-refractivity contribution in [3.63, 3.8) is 0 Å². The van der Waals surface area contributed by atoms with E-state index in [1.807, 2.05) is 61.5 Å². The summed E-state index contributed by atoms with van der Waals surface area (Å²) in [6.07, 6.45) is 0. The maximum Gasteiger partial charge on any atom is 0.270 e. The van der Waals surface area contributed by atoms with Gasteiger partial charge in [0, 0.05) is 17.7 Å². The highest BCUT2D eigenvalue weighted by molar-refractivity contribution is 5.94. The third-order valence-corrected chi connectivity index (χ3v) is 5.26. The second-order valence-electron chi connectivity index (χ2n) is 7.44. The van der Waals surface area contributed by atoms with E-state index in [-0.39, 0.29) is 17.6 Å². The topological polar surface area (TPSA) is 99.3 Å². The Morgan fingerprint density at radius 3 is 2.42 bits per heavy atom. The number of nitrogens with zero attached hydrogens (tertiary/aromatic N) is 3. The predicted molar refractivity (Wildman–Crippen MR) is 125 cm³/mol. The van der Waals surface area contributed by atoms with Gasteiger partial charge in [0.15, 0.2) is 0 Å². The molecule has 0 aliphatic rings. The van der Waals surface area contributed by atoms with Crippen LogP contribution in [-0.2, 0) is 0 Å². The molecule has 1 N–H and O–H groups in total. The first-order valence-corrected chi connectivity index (χ1v) is 10.3. The third kappa shape index (κ3) is 4.74. The average Bonchev–Trinajstić information content (AvgIpc) is 3.30. The fourth-order valence-corrected chi connectivity index (χ4v) is 3.47. The van der Waals surface area contributed by atoms with Gasteiger partial charge in [-0.1, -0.05) is 42.5 Å². The first kappa shape index (κ1) is 21.8. The number of aromatic nitrogens is 2. The molecule has 4 aromatic rings. The molecule has 0 bridgehead atoms. The largest absolute Gasteiger partial charge is 0.497 e. The second-order valence-corrected chi connectivity index (χ2v) is 7.44. The quantitative estimate of drug-likeness (QED) is 0.323. The Bertz CT molecular complexity index is 1280. The van der Waals surface area contributed by atoms with Gasteiger partial charge < -0.3 is 10.1 Å². The normalized spacial score (nSPS) is 11.6. The number of carbonyl (C=O) groups excluding carboxylic acids is 1. The van der Waals surface area contributed by atoms with E-state index in [0.717, 1.165) is 11.1 Å². The van der Waals surface area contributed by atoms with Gasteiger partial charge in [-0.2, -0.15) is 5.10 Å². The first-order valence-electron chi connectivity index (χ1n) is 10.3. The average molecular weight is 442 g/mol. The summed E-state index contributed by atoms with van der Waals surface area (Å²) < 4.78 is 6.80. The number of nitro groups is 1. The molecule has 1 heterocycles. The Morgan fingerprint density at radius 1 is 1.03 bits per heavy atom. The number of hydrogen-bond donors (Lipinski definition) is 1. The molecule has 0 spiro atoms. The number of rotatable bonds is 7. The van der Waals surface area contributed by atoms with Crippen molar-refractivity contribution in [2.45, 2.75) is 13.0 Å². The van der Waals surface area contributed by atoms with Gasteiger partial charge in [0.05, 0.1) is 29.5 Å². The van der Waals surface area contributed by atoms with E-state index in [4.69, 9.17) is 4.74 Å². The number of benzene rings is 3. The molecule has 1 unspecified atom stereocenters. The SMILES string of the molecule is COc1cccc(-c2cc(C(=O)NC(C)c3ccccc3)n(-c3ccc([N+](=O)[O-])cc3)n2)c1. The summed E-state index contributed by atoms with van der Waals surface area (Å²) in [4.78, 5) is 23.8. The molecule has 8 nitrogen and oxygen atoms in total. The van der Waals surface area contributed by atoms with Gasteiger partial charge in [-0.05, 0) is 42.8 Å². The number of hydrogen-bond acceptors (Lipinski definition) is 5. The number of amides is 1. The summed E-state index contributed by atoms with van der Waals surface area (Å²) in [7, 11) is 1.58. The fourth-order valence-electron chi connectivity index (χ4n) is 3.47. The Kier molecular flexibility index (Phi) is 6.17.